The van der Waals surface area contributed by atoms with Gasteiger partial charge in [0.05, 0.1) is 5.02 Å². The second kappa shape index (κ2) is 6.37. The van der Waals surface area contributed by atoms with E-state index in [-0.39, 0.29) is 5.91 Å². The third-order valence-corrected chi connectivity index (χ3v) is 5.03. The third kappa shape index (κ3) is 2.72. The number of amides is 1. The van der Waals surface area contributed by atoms with E-state index in [2.05, 4.69) is 14.9 Å². The minimum Gasteiger partial charge on any atom is -0.338 e. The quantitative estimate of drug-likeness (QED) is 0.709. The summed E-state index contributed by atoms with van der Waals surface area (Å²) in [5.41, 5.74) is 1.51. The van der Waals surface area contributed by atoms with Gasteiger partial charge in [-0.3, -0.25) is 4.79 Å². The van der Waals surface area contributed by atoms with E-state index < -0.39 is 0 Å². The van der Waals surface area contributed by atoms with Gasteiger partial charge in [-0.05, 0) is 12.1 Å². The highest BCUT2D eigenvalue weighted by molar-refractivity contribution is 6.38. The Hall–Kier alpha value is -2.60. The Morgan fingerprint density at radius 1 is 1.04 bits per heavy atom. The summed E-state index contributed by atoms with van der Waals surface area (Å²) in [5, 5.41) is 1.43. The van der Waals surface area contributed by atoms with Gasteiger partial charge in [-0.2, -0.15) is 0 Å². The lowest BCUT2D eigenvalue weighted by atomic mass is 10.2. The number of nitrogens with zero attached hydrogens (tertiary/aromatic N) is 5. The van der Waals surface area contributed by atoms with Gasteiger partial charge in [0.2, 0.25) is 5.95 Å². The van der Waals surface area contributed by atoms with E-state index in [1.165, 1.54) is 0 Å². The van der Waals surface area contributed by atoms with Crippen LogP contribution in [0.3, 0.4) is 0 Å². The van der Waals surface area contributed by atoms with E-state index >= 15 is 0 Å². The molecule has 1 aliphatic heterocycles. The highest BCUT2D eigenvalue weighted by Gasteiger charge is 2.28. The molecule has 128 valence electrons. The maximum absolute atomic E-state index is 13.0. The molecule has 0 unspecified atom stereocenters. The predicted molar refractivity (Wildman–Crippen MR) is 98.1 cm³/mol. The van der Waals surface area contributed by atoms with Gasteiger partial charge in [0.25, 0.3) is 5.91 Å². The topological polar surface area (TPSA) is 54.3 Å². The summed E-state index contributed by atoms with van der Waals surface area (Å²) in [6, 6.07) is 9.60. The van der Waals surface area contributed by atoms with Gasteiger partial charge in [0, 0.05) is 56.5 Å². The van der Waals surface area contributed by atoms with Crippen LogP contribution in [-0.4, -0.2) is 51.5 Å². The highest BCUT2D eigenvalue weighted by Crippen LogP contribution is 2.30. The first kappa shape index (κ1) is 15.9. The Kier molecular flexibility index (Phi) is 4.05. The maximum Gasteiger partial charge on any atom is 0.272 e. The first-order chi connectivity index (χ1) is 12.2. The Morgan fingerprint density at radius 2 is 1.72 bits per heavy atom. The Labute approximate surface area is 150 Å². The molecule has 6 nitrogen and oxygen atoms in total. The number of halogens is 1. The van der Waals surface area contributed by atoms with Gasteiger partial charge >= 0.3 is 0 Å². The number of hydrogen-bond donors (Lipinski definition) is 0. The lowest BCUT2D eigenvalue weighted by Gasteiger charge is -2.34. The number of carbonyl (C=O) groups excluding carboxylic acids is 1. The van der Waals surface area contributed by atoms with Crippen LogP contribution in [-0.2, 0) is 7.05 Å². The number of piperazine rings is 1. The zero-order valence-electron chi connectivity index (χ0n) is 13.9. The fraction of sp³-hybridized carbons (Fsp3) is 0.278. The molecule has 3 heterocycles. The van der Waals surface area contributed by atoms with Gasteiger partial charge in [-0.1, -0.05) is 29.8 Å². The summed E-state index contributed by atoms with van der Waals surface area (Å²) in [6.45, 7) is 2.65. The van der Waals surface area contributed by atoms with Gasteiger partial charge in [-0.15, -0.1) is 0 Å². The van der Waals surface area contributed by atoms with E-state index in [4.69, 9.17) is 11.6 Å². The summed E-state index contributed by atoms with van der Waals surface area (Å²) in [4.78, 5) is 25.5. The van der Waals surface area contributed by atoms with Gasteiger partial charge in [0.15, 0.2) is 0 Å². The first-order valence-corrected chi connectivity index (χ1v) is 8.59. The molecule has 0 N–H and O–H groups in total. The van der Waals surface area contributed by atoms with Crippen molar-refractivity contribution in [3.05, 3.63) is 53.4 Å². The molecule has 0 aliphatic carbocycles. The summed E-state index contributed by atoms with van der Waals surface area (Å²) in [7, 11) is 1.88. The standard InChI is InChI=1S/C18H18ClN5O/c1-22-14-6-3-2-5-13(14)15(19)16(22)17(25)23-9-11-24(12-10-23)18-20-7-4-8-21-18/h2-8H,9-12H2,1H3. The molecule has 0 radical (unpaired) electrons. The number of fused-ring (bicyclic) bond motifs is 1. The predicted octanol–water partition coefficient (Wildman–Crippen LogP) is 2.58. The van der Waals surface area contributed by atoms with Crippen molar-refractivity contribution in [2.45, 2.75) is 0 Å². The van der Waals surface area contributed by atoms with Crippen LogP contribution >= 0.6 is 11.6 Å². The lowest BCUT2D eigenvalue weighted by molar-refractivity contribution is 0.0737. The van der Waals surface area contributed by atoms with Crippen molar-refractivity contribution in [2.24, 2.45) is 7.05 Å². The molecule has 0 spiro atoms. The summed E-state index contributed by atoms with van der Waals surface area (Å²) in [5.74, 6) is 0.676. The maximum atomic E-state index is 13.0. The van der Waals surface area contributed by atoms with Crippen LogP contribution in [0.2, 0.25) is 5.02 Å². The minimum atomic E-state index is -0.0302. The van der Waals surface area contributed by atoms with Gasteiger partial charge in [0.1, 0.15) is 5.69 Å². The van der Waals surface area contributed by atoms with Crippen LogP contribution in [0.5, 0.6) is 0 Å². The van der Waals surface area contributed by atoms with E-state index in [1.54, 1.807) is 18.5 Å². The number of aromatic nitrogens is 3. The highest BCUT2D eigenvalue weighted by atomic mass is 35.5. The van der Waals surface area contributed by atoms with Crippen LogP contribution in [0.15, 0.2) is 42.7 Å². The number of anilines is 1. The van der Waals surface area contributed by atoms with Crippen molar-refractivity contribution in [3.8, 4) is 0 Å². The number of para-hydroxylation sites is 1. The van der Waals surface area contributed by atoms with E-state index in [9.17, 15) is 4.79 Å². The van der Waals surface area contributed by atoms with Crippen molar-refractivity contribution in [3.63, 3.8) is 0 Å². The molecule has 1 saturated heterocycles. The average molecular weight is 356 g/mol. The second-order valence-electron chi connectivity index (χ2n) is 6.07. The Bertz CT molecular complexity index is 877. The molecule has 3 aromatic rings. The van der Waals surface area contributed by atoms with Gasteiger partial charge < -0.3 is 14.4 Å². The first-order valence-electron chi connectivity index (χ1n) is 8.21. The van der Waals surface area contributed by atoms with Crippen molar-refractivity contribution in [1.82, 2.24) is 19.4 Å². The SMILES string of the molecule is Cn1c(C(=O)N2CCN(c3ncccn3)CC2)c(Cl)c2ccccc21. The molecule has 2 aromatic heterocycles. The van der Waals surface area contributed by atoms with Crippen LogP contribution in [0.1, 0.15) is 10.5 Å². The molecule has 0 saturated carbocycles. The minimum absolute atomic E-state index is 0.0302. The molecule has 7 heteroatoms. The molecule has 4 rings (SSSR count). The number of rotatable bonds is 2. The van der Waals surface area contributed by atoms with Crippen molar-refractivity contribution in [1.29, 1.82) is 0 Å². The molecule has 1 fully saturated rings. The van der Waals surface area contributed by atoms with Crippen LogP contribution in [0.25, 0.3) is 10.9 Å². The molecular weight excluding hydrogens is 338 g/mol. The average Bonchev–Trinajstić information content (AvgIpc) is 2.93. The monoisotopic (exact) mass is 355 g/mol. The molecule has 1 aliphatic rings. The summed E-state index contributed by atoms with van der Waals surface area (Å²) < 4.78 is 1.88. The Morgan fingerprint density at radius 3 is 2.40 bits per heavy atom. The van der Waals surface area contributed by atoms with Crippen LogP contribution in [0.4, 0.5) is 5.95 Å². The smallest absolute Gasteiger partial charge is 0.272 e. The second-order valence-corrected chi connectivity index (χ2v) is 6.44. The normalized spacial score (nSPS) is 15.0. The molecule has 1 aromatic carbocycles. The van der Waals surface area contributed by atoms with Crippen LogP contribution in [0, 0.1) is 0 Å². The van der Waals surface area contributed by atoms with E-state index in [0.717, 1.165) is 10.9 Å². The molecular formula is C18H18ClN5O. The molecule has 0 atom stereocenters. The van der Waals surface area contributed by atoms with Crippen molar-refractivity contribution >= 4 is 34.4 Å². The number of benzene rings is 1. The lowest BCUT2D eigenvalue weighted by Crippen LogP contribution is -2.49. The molecule has 1 amide bonds. The molecule has 25 heavy (non-hydrogen) atoms. The van der Waals surface area contributed by atoms with E-state index in [1.807, 2.05) is 40.8 Å². The number of carbonyl (C=O) groups is 1. The Balaban J connectivity index is 1.55. The largest absolute Gasteiger partial charge is 0.338 e. The fourth-order valence-electron chi connectivity index (χ4n) is 3.30. The number of hydrogen-bond acceptors (Lipinski definition) is 4. The summed E-state index contributed by atoms with van der Waals surface area (Å²) >= 11 is 6.50. The molecule has 0 bridgehead atoms. The fourth-order valence-corrected chi connectivity index (χ4v) is 3.67. The van der Waals surface area contributed by atoms with E-state index in [0.29, 0.717) is 42.8 Å². The van der Waals surface area contributed by atoms with Crippen LogP contribution < -0.4 is 4.90 Å². The zero-order chi connectivity index (χ0) is 17.4. The third-order valence-electron chi connectivity index (χ3n) is 4.65. The van der Waals surface area contributed by atoms with Gasteiger partial charge in [-0.25, -0.2) is 9.97 Å². The zero-order valence-corrected chi connectivity index (χ0v) is 14.6. The summed E-state index contributed by atoms with van der Waals surface area (Å²) in [6.07, 6.45) is 3.46. The van der Waals surface area contributed by atoms with Crippen molar-refractivity contribution in [2.75, 3.05) is 31.1 Å². The number of aryl methyl sites for hydroxylation is 1. The van der Waals surface area contributed by atoms with Crippen molar-refractivity contribution < 1.29 is 4.79 Å².